The van der Waals surface area contributed by atoms with E-state index in [9.17, 15) is 14.4 Å². The number of carboxylic acid groups (broad SMARTS) is 2. The normalized spacial score (nSPS) is 12.6. The Hall–Kier alpha value is -1.63. The standard InChI is InChI=1S/C12H20O6Si/c1-8(11(14)15)9(12(16)17)6-5-7-10(13)18-19(2,3)4/h5-7H2,1-4H3,(H,14,15)(H,16,17)/b9-8+. The molecule has 2 N–H and O–H groups in total. The number of rotatable bonds is 7. The van der Waals surface area contributed by atoms with E-state index in [0.717, 1.165) is 0 Å². The summed E-state index contributed by atoms with van der Waals surface area (Å²) in [5.41, 5.74) is -0.376. The molecule has 0 aliphatic heterocycles. The molecule has 0 spiro atoms. The average Bonchev–Trinajstić information content (AvgIpc) is 2.20. The molecule has 0 rings (SSSR count). The van der Waals surface area contributed by atoms with Crippen LogP contribution in [0.25, 0.3) is 0 Å². The molecule has 0 aromatic rings. The molecule has 0 amide bonds. The molecule has 0 aliphatic rings. The predicted molar refractivity (Wildman–Crippen MR) is 71.3 cm³/mol. The second-order valence-corrected chi connectivity index (χ2v) is 9.58. The summed E-state index contributed by atoms with van der Waals surface area (Å²) in [5, 5.41) is 17.7. The summed E-state index contributed by atoms with van der Waals surface area (Å²) in [6, 6.07) is 0. The van der Waals surface area contributed by atoms with Crippen LogP contribution in [0.1, 0.15) is 26.2 Å². The number of carboxylic acids is 2. The van der Waals surface area contributed by atoms with Gasteiger partial charge in [-0.25, -0.2) is 9.59 Å². The van der Waals surface area contributed by atoms with E-state index < -0.39 is 20.3 Å². The summed E-state index contributed by atoms with van der Waals surface area (Å²) in [4.78, 5) is 33.1. The number of aliphatic carboxylic acids is 2. The van der Waals surface area contributed by atoms with E-state index in [1.807, 2.05) is 19.6 Å². The van der Waals surface area contributed by atoms with Crippen LogP contribution in [0.3, 0.4) is 0 Å². The molecule has 19 heavy (non-hydrogen) atoms. The predicted octanol–water partition coefficient (Wildman–Crippen LogP) is 2.02. The molecule has 0 aromatic carbocycles. The summed E-state index contributed by atoms with van der Waals surface area (Å²) in [6.07, 6.45) is 0.387. The Balaban J connectivity index is 4.46. The highest BCUT2D eigenvalue weighted by Gasteiger charge is 2.20. The molecule has 0 radical (unpaired) electrons. The van der Waals surface area contributed by atoms with Gasteiger partial charge in [0.15, 0.2) is 0 Å². The molecular weight excluding hydrogens is 268 g/mol. The van der Waals surface area contributed by atoms with Gasteiger partial charge in [0.1, 0.15) is 0 Å². The van der Waals surface area contributed by atoms with E-state index in [1.165, 1.54) is 6.92 Å². The first-order valence-electron chi connectivity index (χ1n) is 5.92. The summed E-state index contributed by atoms with van der Waals surface area (Å²) in [6.45, 7) is 6.87. The summed E-state index contributed by atoms with van der Waals surface area (Å²) in [5.74, 6) is -2.89. The molecule has 0 bridgehead atoms. The van der Waals surface area contributed by atoms with Crippen LogP contribution in [0.4, 0.5) is 0 Å². The fourth-order valence-corrected chi connectivity index (χ4v) is 2.17. The van der Waals surface area contributed by atoms with E-state index in [2.05, 4.69) is 0 Å². The second-order valence-electron chi connectivity index (χ2n) is 5.15. The van der Waals surface area contributed by atoms with Crippen molar-refractivity contribution in [2.24, 2.45) is 0 Å². The van der Waals surface area contributed by atoms with Gasteiger partial charge in [-0.3, -0.25) is 4.79 Å². The molecule has 0 aromatic heterocycles. The molecule has 0 fully saturated rings. The first-order valence-corrected chi connectivity index (χ1v) is 9.33. The Morgan fingerprint density at radius 1 is 1.00 bits per heavy atom. The third-order valence-corrected chi connectivity index (χ3v) is 3.10. The van der Waals surface area contributed by atoms with Crippen LogP contribution >= 0.6 is 0 Å². The largest absolute Gasteiger partial charge is 0.520 e. The number of carbonyl (C=O) groups is 3. The lowest BCUT2D eigenvalue weighted by Crippen LogP contribution is -2.29. The van der Waals surface area contributed by atoms with Crippen molar-refractivity contribution in [2.45, 2.75) is 45.8 Å². The number of carbonyl (C=O) groups excluding carboxylic acids is 1. The van der Waals surface area contributed by atoms with Gasteiger partial charge in [-0.15, -0.1) is 0 Å². The lowest BCUT2D eigenvalue weighted by Gasteiger charge is -2.17. The van der Waals surface area contributed by atoms with Crippen LogP contribution in [0, 0.1) is 0 Å². The van der Waals surface area contributed by atoms with Crippen LogP contribution in [0.2, 0.25) is 19.6 Å². The van der Waals surface area contributed by atoms with Crippen molar-refractivity contribution in [2.75, 3.05) is 0 Å². The topological polar surface area (TPSA) is 101 Å². The Morgan fingerprint density at radius 2 is 1.53 bits per heavy atom. The Kier molecular flexibility index (Phi) is 6.47. The van der Waals surface area contributed by atoms with Gasteiger partial charge in [-0.05, 0) is 39.4 Å². The Morgan fingerprint density at radius 3 is 1.89 bits per heavy atom. The maximum Gasteiger partial charge on any atom is 0.332 e. The summed E-state index contributed by atoms with van der Waals surface area (Å²) < 4.78 is 5.21. The highest BCUT2D eigenvalue weighted by molar-refractivity contribution is 6.71. The van der Waals surface area contributed by atoms with Crippen molar-refractivity contribution < 1.29 is 29.0 Å². The van der Waals surface area contributed by atoms with Crippen molar-refractivity contribution in [3.8, 4) is 0 Å². The number of hydrogen-bond donors (Lipinski definition) is 2. The molecule has 0 saturated heterocycles. The summed E-state index contributed by atoms with van der Waals surface area (Å²) >= 11 is 0. The lowest BCUT2D eigenvalue weighted by molar-refractivity contribution is -0.136. The minimum absolute atomic E-state index is 0.0360. The van der Waals surface area contributed by atoms with Gasteiger partial charge < -0.3 is 14.6 Å². The third kappa shape index (κ3) is 7.40. The molecule has 0 unspecified atom stereocenters. The SMILES string of the molecule is C/C(C(=O)O)=C(/CCCC(=O)O[Si](C)(C)C)C(=O)O. The van der Waals surface area contributed by atoms with Gasteiger partial charge in [-0.2, -0.15) is 0 Å². The second kappa shape index (κ2) is 7.08. The molecule has 0 saturated carbocycles. The van der Waals surface area contributed by atoms with Crippen molar-refractivity contribution in [1.82, 2.24) is 0 Å². The van der Waals surface area contributed by atoms with Crippen molar-refractivity contribution in [1.29, 1.82) is 0 Å². The first-order chi connectivity index (χ1) is 8.54. The zero-order chi connectivity index (χ0) is 15.2. The van der Waals surface area contributed by atoms with Gasteiger partial charge in [0, 0.05) is 17.6 Å². The average molecular weight is 288 g/mol. The number of hydrogen-bond acceptors (Lipinski definition) is 4. The maximum atomic E-state index is 11.4. The van der Waals surface area contributed by atoms with E-state index in [0.29, 0.717) is 0 Å². The van der Waals surface area contributed by atoms with Gasteiger partial charge in [0.05, 0.1) is 0 Å². The fraction of sp³-hybridized carbons (Fsp3) is 0.583. The third-order valence-electron chi connectivity index (χ3n) is 2.26. The highest BCUT2D eigenvalue weighted by Crippen LogP contribution is 2.15. The van der Waals surface area contributed by atoms with Crippen LogP contribution in [0.5, 0.6) is 0 Å². The van der Waals surface area contributed by atoms with E-state index in [-0.39, 0.29) is 36.4 Å². The van der Waals surface area contributed by atoms with E-state index in [1.54, 1.807) is 0 Å². The van der Waals surface area contributed by atoms with Gasteiger partial charge in [0.2, 0.25) is 8.32 Å². The first kappa shape index (κ1) is 17.4. The van der Waals surface area contributed by atoms with Crippen molar-refractivity contribution in [3.05, 3.63) is 11.1 Å². The van der Waals surface area contributed by atoms with Crippen LogP contribution < -0.4 is 0 Å². The molecular formula is C12H20O6Si. The fourth-order valence-electron chi connectivity index (χ4n) is 1.39. The quantitative estimate of drug-likeness (QED) is 0.549. The monoisotopic (exact) mass is 288 g/mol. The van der Waals surface area contributed by atoms with Crippen LogP contribution in [0.15, 0.2) is 11.1 Å². The molecule has 0 atom stereocenters. The van der Waals surface area contributed by atoms with Crippen LogP contribution in [-0.4, -0.2) is 36.4 Å². The maximum absolute atomic E-state index is 11.4. The van der Waals surface area contributed by atoms with Crippen molar-refractivity contribution in [3.63, 3.8) is 0 Å². The van der Waals surface area contributed by atoms with E-state index >= 15 is 0 Å². The highest BCUT2D eigenvalue weighted by atomic mass is 28.4. The van der Waals surface area contributed by atoms with Gasteiger partial charge in [0.25, 0.3) is 5.97 Å². The molecule has 108 valence electrons. The Bertz CT molecular complexity index is 405. The molecule has 0 aliphatic carbocycles. The zero-order valence-electron chi connectivity index (χ0n) is 11.6. The molecule has 0 heterocycles. The minimum Gasteiger partial charge on any atom is -0.520 e. The minimum atomic E-state index is -1.93. The van der Waals surface area contributed by atoms with Crippen LogP contribution in [-0.2, 0) is 18.8 Å². The molecule has 7 heteroatoms. The van der Waals surface area contributed by atoms with Gasteiger partial charge >= 0.3 is 11.9 Å². The van der Waals surface area contributed by atoms with Gasteiger partial charge in [-0.1, -0.05) is 0 Å². The summed E-state index contributed by atoms with van der Waals surface area (Å²) in [7, 11) is -1.93. The zero-order valence-corrected chi connectivity index (χ0v) is 12.6. The van der Waals surface area contributed by atoms with E-state index in [4.69, 9.17) is 14.6 Å². The molecule has 6 nitrogen and oxygen atoms in total. The Labute approximate surface area is 113 Å². The smallest absolute Gasteiger partial charge is 0.332 e. The van der Waals surface area contributed by atoms with Crippen molar-refractivity contribution >= 4 is 26.2 Å². The lowest BCUT2D eigenvalue weighted by atomic mass is 10.0.